The standard InChI is InChI=1S/C17H27FN2O/c1-14(4-5-15-6-8-16(18)9-7-15)19-12-17(21)13-20-10-2-3-11-20/h6-9,14,17,19,21H,2-5,10-13H2,1H3. The average Bonchev–Trinajstić information content (AvgIpc) is 2.97. The number of halogens is 1. The minimum absolute atomic E-state index is 0.185. The Balaban J connectivity index is 1.60. The number of rotatable bonds is 8. The Labute approximate surface area is 127 Å². The zero-order valence-corrected chi connectivity index (χ0v) is 12.9. The van der Waals surface area contributed by atoms with Gasteiger partial charge in [0.25, 0.3) is 0 Å². The summed E-state index contributed by atoms with van der Waals surface area (Å²) in [6, 6.07) is 7.04. The summed E-state index contributed by atoms with van der Waals surface area (Å²) in [6.45, 7) is 5.79. The molecule has 2 unspecified atom stereocenters. The predicted molar refractivity (Wildman–Crippen MR) is 83.9 cm³/mol. The lowest BCUT2D eigenvalue weighted by atomic mass is 10.1. The van der Waals surface area contributed by atoms with Crippen molar-refractivity contribution in [3.63, 3.8) is 0 Å². The van der Waals surface area contributed by atoms with Crippen molar-refractivity contribution in [2.45, 2.75) is 44.8 Å². The van der Waals surface area contributed by atoms with Crippen molar-refractivity contribution in [1.29, 1.82) is 0 Å². The van der Waals surface area contributed by atoms with Crippen LogP contribution >= 0.6 is 0 Å². The highest BCUT2D eigenvalue weighted by Crippen LogP contribution is 2.09. The quantitative estimate of drug-likeness (QED) is 0.771. The van der Waals surface area contributed by atoms with E-state index in [-0.39, 0.29) is 11.9 Å². The smallest absolute Gasteiger partial charge is 0.123 e. The number of nitrogens with one attached hydrogen (secondary N) is 1. The first-order valence-corrected chi connectivity index (χ1v) is 8.02. The molecule has 21 heavy (non-hydrogen) atoms. The molecule has 1 saturated heterocycles. The number of likely N-dealkylation sites (tertiary alicyclic amines) is 1. The van der Waals surface area contributed by atoms with E-state index in [9.17, 15) is 9.50 Å². The molecule has 118 valence electrons. The predicted octanol–water partition coefficient (Wildman–Crippen LogP) is 2.19. The first-order chi connectivity index (χ1) is 10.1. The van der Waals surface area contributed by atoms with E-state index in [1.807, 2.05) is 12.1 Å². The van der Waals surface area contributed by atoms with Crippen molar-refractivity contribution >= 4 is 0 Å². The van der Waals surface area contributed by atoms with Crippen LogP contribution in [0.2, 0.25) is 0 Å². The van der Waals surface area contributed by atoms with Crippen molar-refractivity contribution < 1.29 is 9.50 Å². The van der Waals surface area contributed by atoms with Gasteiger partial charge in [-0.1, -0.05) is 12.1 Å². The second-order valence-corrected chi connectivity index (χ2v) is 6.14. The van der Waals surface area contributed by atoms with Crippen LogP contribution in [0.4, 0.5) is 4.39 Å². The van der Waals surface area contributed by atoms with Crippen molar-refractivity contribution in [2.75, 3.05) is 26.2 Å². The summed E-state index contributed by atoms with van der Waals surface area (Å²) in [7, 11) is 0. The molecule has 1 aliphatic heterocycles. The van der Waals surface area contributed by atoms with Gasteiger partial charge in [-0.15, -0.1) is 0 Å². The lowest BCUT2D eigenvalue weighted by molar-refractivity contribution is 0.120. The highest BCUT2D eigenvalue weighted by atomic mass is 19.1. The topological polar surface area (TPSA) is 35.5 Å². The van der Waals surface area contributed by atoms with Gasteiger partial charge in [-0.05, 0) is 63.4 Å². The second kappa shape index (κ2) is 8.47. The lowest BCUT2D eigenvalue weighted by Gasteiger charge is -2.21. The molecule has 2 rings (SSSR count). The van der Waals surface area contributed by atoms with Crippen molar-refractivity contribution in [3.8, 4) is 0 Å². The zero-order chi connectivity index (χ0) is 15.1. The molecular formula is C17H27FN2O. The fraction of sp³-hybridized carbons (Fsp3) is 0.647. The number of hydrogen-bond donors (Lipinski definition) is 2. The SMILES string of the molecule is CC(CCc1ccc(F)cc1)NCC(O)CN1CCCC1. The molecule has 2 N–H and O–H groups in total. The van der Waals surface area contributed by atoms with Crippen LogP contribution < -0.4 is 5.32 Å². The van der Waals surface area contributed by atoms with E-state index in [2.05, 4.69) is 17.1 Å². The Hall–Kier alpha value is -0.970. The summed E-state index contributed by atoms with van der Waals surface area (Å²) in [6.07, 6.45) is 4.14. The fourth-order valence-corrected chi connectivity index (χ4v) is 2.80. The summed E-state index contributed by atoms with van der Waals surface area (Å²) >= 11 is 0. The monoisotopic (exact) mass is 294 g/mol. The van der Waals surface area contributed by atoms with Crippen molar-refractivity contribution in [3.05, 3.63) is 35.6 Å². The summed E-state index contributed by atoms with van der Waals surface area (Å²) in [5.41, 5.74) is 1.16. The molecule has 1 heterocycles. The van der Waals surface area contributed by atoms with E-state index in [0.717, 1.165) is 38.0 Å². The van der Waals surface area contributed by atoms with E-state index < -0.39 is 0 Å². The number of hydrogen-bond acceptors (Lipinski definition) is 3. The molecule has 1 fully saturated rings. The van der Waals surface area contributed by atoms with Crippen LogP contribution in [-0.4, -0.2) is 48.3 Å². The summed E-state index contributed by atoms with van der Waals surface area (Å²) in [4.78, 5) is 2.33. The molecule has 0 aliphatic carbocycles. The van der Waals surface area contributed by atoms with Gasteiger partial charge in [-0.2, -0.15) is 0 Å². The highest BCUT2D eigenvalue weighted by molar-refractivity contribution is 5.16. The molecule has 0 bridgehead atoms. The summed E-state index contributed by atoms with van der Waals surface area (Å²) in [5, 5.41) is 13.4. The van der Waals surface area contributed by atoms with Gasteiger partial charge >= 0.3 is 0 Å². The third kappa shape index (κ3) is 6.12. The van der Waals surface area contributed by atoms with Crippen LogP contribution in [-0.2, 0) is 6.42 Å². The third-order valence-electron chi connectivity index (χ3n) is 4.15. The average molecular weight is 294 g/mol. The zero-order valence-electron chi connectivity index (χ0n) is 12.9. The van der Waals surface area contributed by atoms with Gasteiger partial charge in [0.2, 0.25) is 0 Å². The van der Waals surface area contributed by atoms with Crippen LogP contribution in [0.25, 0.3) is 0 Å². The maximum absolute atomic E-state index is 12.8. The third-order valence-corrected chi connectivity index (χ3v) is 4.15. The van der Waals surface area contributed by atoms with Crippen LogP contribution in [0.15, 0.2) is 24.3 Å². The first-order valence-electron chi connectivity index (χ1n) is 8.02. The van der Waals surface area contributed by atoms with Gasteiger partial charge < -0.3 is 15.3 Å². The summed E-state index contributed by atoms with van der Waals surface area (Å²) in [5.74, 6) is -0.185. The molecule has 1 aromatic rings. The Morgan fingerprint density at radius 2 is 1.90 bits per heavy atom. The van der Waals surface area contributed by atoms with E-state index in [0.29, 0.717) is 12.6 Å². The number of benzene rings is 1. The van der Waals surface area contributed by atoms with E-state index in [1.165, 1.54) is 25.0 Å². The fourth-order valence-electron chi connectivity index (χ4n) is 2.80. The molecule has 1 aromatic carbocycles. The van der Waals surface area contributed by atoms with Gasteiger partial charge in [0.15, 0.2) is 0 Å². The molecule has 3 nitrogen and oxygen atoms in total. The number of aryl methyl sites for hydroxylation is 1. The van der Waals surface area contributed by atoms with Crippen LogP contribution in [0, 0.1) is 5.82 Å². The van der Waals surface area contributed by atoms with E-state index >= 15 is 0 Å². The molecule has 4 heteroatoms. The first kappa shape index (κ1) is 16.4. The van der Waals surface area contributed by atoms with Crippen molar-refractivity contribution in [1.82, 2.24) is 10.2 Å². The van der Waals surface area contributed by atoms with Crippen LogP contribution in [0.1, 0.15) is 31.7 Å². The Kier molecular flexibility index (Phi) is 6.61. The maximum Gasteiger partial charge on any atom is 0.123 e. The normalized spacial score (nSPS) is 18.8. The largest absolute Gasteiger partial charge is 0.390 e. The van der Waals surface area contributed by atoms with Crippen molar-refractivity contribution in [2.24, 2.45) is 0 Å². The molecule has 0 radical (unpaired) electrons. The van der Waals surface area contributed by atoms with Gasteiger partial charge in [-0.25, -0.2) is 4.39 Å². The molecule has 0 aromatic heterocycles. The Bertz CT molecular complexity index is 404. The molecule has 0 spiro atoms. The van der Waals surface area contributed by atoms with E-state index in [1.54, 1.807) is 0 Å². The minimum Gasteiger partial charge on any atom is -0.390 e. The van der Waals surface area contributed by atoms with E-state index in [4.69, 9.17) is 0 Å². The molecule has 2 atom stereocenters. The van der Waals surface area contributed by atoms with Gasteiger partial charge in [0.1, 0.15) is 5.82 Å². The number of aliphatic hydroxyl groups excluding tert-OH is 1. The van der Waals surface area contributed by atoms with Gasteiger partial charge in [0.05, 0.1) is 6.10 Å². The van der Waals surface area contributed by atoms with Gasteiger partial charge in [-0.3, -0.25) is 0 Å². The lowest BCUT2D eigenvalue weighted by Crippen LogP contribution is -2.40. The van der Waals surface area contributed by atoms with Gasteiger partial charge in [0, 0.05) is 19.1 Å². The molecular weight excluding hydrogens is 267 g/mol. The van der Waals surface area contributed by atoms with Crippen LogP contribution in [0.5, 0.6) is 0 Å². The minimum atomic E-state index is -0.295. The second-order valence-electron chi connectivity index (χ2n) is 6.14. The molecule has 0 saturated carbocycles. The summed E-state index contributed by atoms with van der Waals surface area (Å²) < 4.78 is 12.8. The molecule has 0 amide bonds. The number of β-amino-alcohol motifs (C(OH)–C–C–N with tert-alkyl or cyclic N) is 1. The Morgan fingerprint density at radius 1 is 1.24 bits per heavy atom. The Morgan fingerprint density at radius 3 is 2.57 bits per heavy atom. The number of nitrogens with zero attached hydrogens (tertiary/aromatic N) is 1. The maximum atomic E-state index is 12.8. The number of aliphatic hydroxyl groups is 1. The molecule has 1 aliphatic rings. The van der Waals surface area contributed by atoms with Crippen LogP contribution in [0.3, 0.4) is 0 Å². The highest BCUT2D eigenvalue weighted by Gasteiger charge is 2.16.